The lowest BCUT2D eigenvalue weighted by Crippen LogP contribution is -2.18. The Labute approximate surface area is 106 Å². The first-order valence-electron chi connectivity index (χ1n) is 4.96. The first-order chi connectivity index (χ1) is 8.25. The Morgan fingerprint density at radius 2 is 2.24 bits per heavy atom. The van der Waals surface area contributed by atoms with Gasteiger partial charge in [0.15, 0.2) is 6.61 Å². The second kappa shape index (κ2) is 5.67. The molecular formula is C11H10BrFN2O2. The molecule has 0 radical (unpaired) electrons. The Hall–Kier alpha value is -1.56. The summed E-state index contributed by atoms with van der Waals surface area (Å²) in [6.07, 6.45) is 3.29. The van der Waals surface area contributed by atoms with Crippen molar-refractivity contribution in [1.82, 2.24) is 9.94 Å². The van der Waals surface area contributed by atoms with E-state index < -0.39 is 0 Å². The molecule has 17 heavy (non-hydrogen) atoms. The molecule has 0 saturated heterocycles. The SMILES string of the molecule is Fc1ccc(Br)c(OCCOn2cccn2)c1. The molecule has 0 unspecified atom stereocenters. The number of hydrogen-bond acceptors (Lipinski definition) is 3. The van der Waals surface area contributed by atoms with Gasteiger partial charge in [-0.2, -0.15) is 0 Å². The summed E-state index contributed by atoms with van der Waals surface area (Å²) in [5.41, 5.74) is 0. The van der Waals surface area contributed by atoms with Crippen LogP contribution in [0.25, 0.3) is 0 Å². The quantitative estimate of drug-likeness (QED) is 0.795. The topological polar surface area (TPSA) is 36.3 Å². The second-order valence-corrected chi connectivity index (χ2v) is 4.02. The molecule has 0 saturated carbocycles. The molecule has 0 aliphatic carbocycles. The Balaban J connectivity index is 1.80. The van der Waals surface area contributed by atoms with E-state index in [2.05, 4.69) is 21.0 Å². The zero-order chi connectivity index (χ0) is 12.1. The minimum Gasteiger partial charge on any atom is -0.489 e. The maximum absolute atomic E-state index is 12.9. The van der Waals surface area contributed by atoms with Crippen molar-refractivity contribution in [2.75, 3.05) is 13.2 Å². The summed E-state index contributed by atoms with van der Waals surface area (Å²) in [5, 5.41) is 3.86. The Bertz CT molecular complexity index is 476. The van der Waals surface area contributed by atoms with Gasteiger partial charge in [-0.15, -0.1) is 9.94 Å². The second-order valence-electron chi connectivity index (χ2n) is 3.17. The van der Waals surface area contributed by atoms with Crippen molar-refractivity contribution in [2.45, 2.75) is 0 Å². The molecule has 0 amide bonds. The van der Waals surface area contributed by atoms with Crippen LogP contribution < -0.4 is 9.57 Å². The van der Waals surface area contributed by atoms with Crippen molar-refractivity contribution in [1.29, 1.82) is 0 Å². The average Bonchev–Trinajstić information content (AvgIpc) is 2.82. The molecular weight excluding hydrogens is 291 g/mol. The van der Waals surface area contributed by atoms with E-state index in [-0.39, 0.29) is 5.82 Å². The number of aromatic nitrogens is 2. The summed E-state index contributed by atoms with van der Waals surface area (Å²) in [5.74, 6) is 0.116. The smallest absolute Gasteiger partial charge is 0.151 e. The molecule has 0 atom stereocenters. The lowest BCUT2D eigenvalue weighted by Gasteiger charge is -2.08. The zero-order valence-electron chi connectivity index (χ0n) is 8.85. The summed E-state index contributed by atoms with van der Waals surface area (Å²) in [7, 11) is 0. The van der Waals surface area contributed by atoms with Crippen LogP contribution in [-0.4, -0.2) is 23.2 Å². The van der Waals surface area contributed by atoms with E-state index >= 15 is 0 Å². The maximum Gasteiger partial charge on any atom is 0.151 e. The van der Waals surface area contributed by atoms with Gasteiger partial charge in [0.1, 0.15) is 18.2 Å². The molecule has 0 N–H and O–H groups in total. The van der Waals surface area contributed by atoms with E-state index in [0.717, 1.165) is 0 Å². The van der Waals surface area contributed by atoms with E-state index in [0.29, 0.717) is 23.4 Å². The zero-order valence-corrected chi connectivity index (χ0v) is 10.4. The summed E-state index contributed by atoms with van der Waals surface area (Å²) >= 11 is 3.27. The highest BCUT2D eigenvalue weighted by Crippen LogP contribution is 2.25. The number of rotatable bonds is 5. The summed E-state index contributed by atoms with van der Waals surface area (Å²) in [6.45, 7) is 0.631. The van der Waals surface area contributed by atoms with Gasteiger partial charge in [-0.3, -0.25) is 0 Å². The lowest BCUT2D eigenvalue weighted by atomic mass is 10.3. The third-order valence-corrected chi connectivity index (χ3v) is 2.59. The molecule has 0 aliphatic rings. The van der Waals surface area contributed by atoms with Gasteiger partial charge in [-0.05, 0) is 34.1 Å². The van der Waals surface area contributed by atoms with Gasteiger partial charge in [0.2, 0.25) is 0 Å². The maximum atomic E-state index is 12.9. The Kier molecular flexibility index (Phi) is 3.98. The van der Waals surface area contributed by atoms with Gasteiger partial charge in [0.05, 0.1) is 16.9 Å². The molecule has 4 nitrogen and oxygen atoms in total. The van der Waals surface area contributed by atoms with Crippen molar-refractivity contribution in [2.24, 2.45) is 0 Å². The molecule has 90 valence electrons. The Morgan fingerprint density at radius 1 is 1.35 bits per heavy atom. The van der Waals surface area contributed by atoms with Crippen LogP contribution in [0.1, 0.15) is 0 Å². The van der Waals surface area contributed by atoms with Crippen LogP contribution in [0.2, 0.25) is 0 Å². The number of halogens is 2. The fourth-order valence-electron chi connectivity index (χ4n) is 1.20. The fourth-order valence-corrected chi connectivity index (χ4v) is 1.56. The van der Waals surface area contributed by atoms with Gasteiger partial charge in [-0.25, -0.2) is 4.39 Å². The number of hydrogen-bond donors (Lipinski definition) is 0. The van der Waals surface area contributed by atoms with Crippen molar-refractivity contribution >= 4 is 15.9 Å². The van der Waals surface area contributed by atoms with E-state index in [1.807, 2.05) is 0 Å². The summed E-state index contributed by atoms with van der Waals surface area (Å²) in [6, 6.07) is 6.03. The molecule has 2 aromatic rings. The molecule has 1 aromatic carbocycles. The average molecular weight is 301 g/mol. The van der Waals surface area contributed by atoms with E-state index in [9.17, 15) is 4.39 Å². The van der Waals surface area contributed by atoms with Gasteiger partial charge >= 0.3 is 0 Å². The van der Waals surface area contributed by atoms with Crippen LogP contribution in [0.3, 0.4) is 0 Å². The number of ether oxygens (including phenoxy) is 1. The van der Waals surface area contributed by atoms with Crippen LogP contribution in [0.4, 0.5) is 4.39 Å². The van der Waals surface area contributed by atoms with Crippen molar-refractivity contribution < 1.29 is 14.0 Å². The number of nitrogens with zero attached hydrogens (tertiary/aromatic N) is 2. The van der Waals surface area contributed by atoms with E-state index in [1.165, 1.54) is 17.0 Å². The van der Waals surface area contributed by atoms with Gasteiger partial charge < -0.3 is 9.57 Å². The van der Waals surface area contributed by atoms with Crippen LogP contribution >= 0.6 is 15.9 Å². The highest BCUT2D eigenvalue weighted by molar-refractivity contribution is 9.10. The van der Waals surface area contributed by atoms with Crippen LogP contribution in [0.15, 0.2) is 41.1 Å². The van der Waals surface area contributed by atoms with Crippen molar-refractivity contribution in [3.63, 3.8) is 0 Å². The molecule has 6 heteroatoms. The normalized spacial score (nSPS) is 10.2. The largest absolute Gasteiger partial charge is 0.489 e. The molecule has 1 heterocycles. The molecule has 2 rings (SSSR count). The Morgan fingerprint density at radius 3 is 3.00 bits per heavy atom. The molecule has 0 spiro atoms. The fraction of sp³-hybridized carbons (Fsp3) is 0.182. The van der Waals surface area contributed by atoms with Crippen LogP contribution in [-0.2, 0) is 0 Å². The summed E-state index contributed by atoms with van der Waals surface area (Å²) in [4.78, 5) is 6.55. The predicted octanol–water partition coefficient (Wildman–Crippen LogP) is 2.29. The molecule has 0 bridgehead atoms. The predicted molar refractivity (Wildman–Crippen MR) is 63.3 cm³/mol. The van der Waals surface area contributed by atoms with E-state index in [4.69, 9.17) is 9.57 Å². The third-order valence-electron chi connectivity index (χ3n) is 1.94. The minimum atomic E-state index is -0.337. The lowest BCUT2D eigenvalue weighted by molar-refractivity contribution is 0.0594. The van der Waals surface area contributed by atoms with Gasteiger partial charge in [0.25, 0.3) is 0 Å². The monoisotopic (exact) mass is 300 g/mol. The van der Waals surface area contributed by atoms with Crippen LogP contribution in [0, 0.1) is 5.82 Å². The first kappa shape index (κ1) is 11.9. The first-order valence-corrected chi connectivity index (χ1v) is 5.76. The molecule has 0 fully saturated rings. The minimum absolute atomic E-state index is 0.307. The van der Waals surface area contributed by atoms with E-state index in [1.54, 1.807) is 24.5 Å². The molecule has 0 aliphatic heterocycles. The van der Waals surface area contributed by atoms with Crippen molar-refractivity contribution in [3.05, 3.63) is 46.9 Å². The molecule has 1 aromatic heterocycles. The standard InChI is InChI=1S/C11H10BrFN2O2/c12-10-3-2-9(13)8-11(10)16-6-7-17-15-5-1-4-14-15/h1-5,8H,6-7H2. The van der Waals surface area contributed by atoms with Gasteiger partial charge in [-0.1, -0.05) is 0 Å². The highest BCUT2D eigenvalue weighted by atomic mass is 79.9. The van der Waals surface area contributed by atoms with Crippen LogP contribution in [0.5, 0.6) is 5.75 Å². The number of benzene rings is 1. The van der Waals surface area contributed by atoms with Crippen molar-refractivity contribution in [3.8, 4) is 5.75 Å². The highest BCUT2D eigenvalue weighted by Gasteiger charge is 2.02. The summed E-state index contributed by atoms with van der Waals surface area (Å²) < 4.78 is 19.0. The van der Waals surface area contributed by atoms with Gasteiger partial charge in [0, 0.05) is 6.07 Å². The third kappa shape index (κ3) is 3.45.